The Labute approximate surface area is 118 Å². The lowest BCUT2D eigenvalue weighted by molar-refractivity contribution is -0.112. The van der Waals surface area contributed by atoms with Crippen molar-refractivity contribution in [2.24, 2.45) is 5.73 Å². The molecule has 0 amide bonds. The van der Waals surface area contributed by atoms with Crippen LogP contribution in [0.3, 0.4) is 0 Å². The van der Waals surface area contributed by atoms with Gasteiger partial charge in [-0.2, -0.15) is 0 Å². The summed E-state index contributed by atoms with van der Waals surface area (Å²) in [6, 6.07) is 19.4. The lowest BCUT2D eigenvalue weighted by Crippen LogP contribution is -2.30. The normalized spacial score (nSPS) is 12.1. The molecule has 2 aromatic carbocycles. The molecule has 19 heavy (non-hydrogen) atoms. The van der Waals surface area contributed by atoms with Crippen LogP contribution in [0, 0.1) is 0 Å². The van der Waals surface area contributed by atoms with Gasteiger partial charge in [0.15, 0.2) is 0 Å². The van der Waals surface area contributed by atoms with E-state index in [0.717, 1.165) is 11.1 Å². The van der Waals surface area contributed by atoms with Gasteiger partial charge in [-0.15, -0.1) is 0 Å². The van der Waals surface area contributed by atoms with Crippen LogP contribution in [0.5, 0.6) is 0 Å². The van der Waals surface area contributed by atoms with Crippen LogP contribution in [0.15, 0.2) is 60.7 Å². The second kappa shape index (κ2) is 7.12. The molecule has 1 atom stereocenters. The molecule has 2 aromatic rings. The summed E-state index contributed by atoms with van der Waals surface area (Å²) in [6.45, 7) is 0. The monoisotopic (exact) mass is 271 g/mol. The minimum Gasteiger partial charge on any atom is -0.320 e. The molecule has 0 fully saturated rings. The van der Waals surface area contributed by atoms with E-state index in [4.69, 9.17) is 5.73 Å². The molecule has 0 aliphatic rings. The maximum absolute atomic E-state index is 12.0. The van der Waals surface area contributed by atoms with Gasteiger partial charge in [0.1, 0.15) is 0 Å². The molecule has 0 aliphatic carbocycles. The van der Waals surface area contributed by atoms with E-state index in [1.165, 1.54) is 11.8 Å². The zero-order valence-electron chi connectivity index (χ0n) is 10.7. The minimum absolute atomic E-state index is 0.0488. The Bertz CT molecular complexity index is 513. The van der Waals surface area contributed by atoms with Gasteiger partial charge < -0.3 is 5.73 Å². The van der Waals surface area contributed by atoms with Crippen molar-refractivity contribution in [2.75, 3.05) is 0 Å². The van der Waals surface area contributed by atoms with Crippen LogP contribution in [-0.2, 0) is 17.0 Å². The number of carbonyl (C=O) groups excluding carboxylic acids is 1. The zero-order valence-corrected chi connectivity index (χ0v) is 11.5. The van der Waals surface area contributed by atoms with E-state index in [-0.39, 0.29) is 5.12 Å². The molecule has 0 aromatic heterocycles. The molecule has 0 aliphatic heterocycles. The summed E-state index contributed by atoms with van der Waals surface area (Å²) in [5.74, 6) is 0.683. The second-order valence-corrected chi connectivity index (χ2v) is 5.37. The molecular formula is C16H17NOS. The van der Waals surface area contributed by atoms with Gasteiger partial charge in [-0.25, -0.2) is 0 Å². The first-order valence-electron chi connectivity index (χ1n) is 6.26. The summed E-state index contributed by atoms with van der Waals surface area (Å²) in [5.41, 5.74) is 8.19. The molecule has 98 valence electrons. The molecule has 0 bridgehead atoms. The van der Waals surface area contributed by atoms with E-state index in [1.54, 1.807) is 0 Å². The van der Waals surface area contributed by atoms with Gasteiger partial charge in [-0.3, -0.25) is 4.79 Å². The molecule has 0 spiro atoms. The quantitative estimate of drug-likeness (QED) is 0.909. The van der Waals surface area contributed by atoms with E-state index in [2.05, 4.69) is 0 Å². The highest BCUT2D eigenvalue weighted by Gasteiger charge is 2.14. The number of thioether (sulfide) groups is 1. The van der Waals surface area contributed by atoms with Crippen molar-refractivity contribution >= 4 is 16.9 Å². The Morgan fingerprint density at radius 2 is 1.47 bits per heavy atom. The molecule has 2 nitrogen and oxygen atoms in total. The third-order valence-corrected chi connectivity index (χ3v) is 3.89. The Kier molecular flexibility index (Phi) is 5.19. The van der Waals surface area contributed by atoms with Gasteiger partial charge in [0.05, 0.1) is 6.04 Å². The number of hydrogen-bond acceptors (Lipinski definition) is 3. The van der Waals surface area contributed by atoms with Crippen molar-refractivity contribution in [3.63, 3.8) is 0 Å². The van der Waals surface area contributed by atoms with Gasteiger partial charge in [0.25, 0.3) is 0 Å². The minimum atomic E-state index is -0.434. The maximum atomic E-state index is 12.0. The maximum Gasteiger partial charge on any atom is 0.206 e. The number of nitrogens with two attached hydrogens (primary N) is 1. The van der Waals surface area contributed by atoms with Crippen LogP contribution < -0.4 is 5.73 Å². The lowest BCUT2D eigenvalue weighted by Gasteiger charge is -2.10. The molecule has 2 rings (SSSR count). The lowest BCUT2D eigenvalue weighted by atomic mass is 10.1. The molecule has 0 unspecified atom stereocenters. The van der Waals surface area contributed by atoms with Crippen LogP contribution in [-0.4, -0.2) is 11.2 Å². The molecule has 0 radical (unpaired) electrons. The van der Waals surface area contributed by atoms with Crippen molar-refractivity contribution in [3.05, 3.63) is 71.8 Å². The highest BCUT2D eigenvalue weighted by atomic mass is 32.2. The first-order valence-corrected chi connectivity index (χ1v) is 7.24. The molecule has 3 heteroatoms. The van der Waals surface area contributed by atoms with Gasteiger partial charge in [-0.1, -0.05) is 72.4 Å². The first kappa shape index (κ1) is 13.8. The number of benzene rings is 2. The Hall–Kier alpha value is -1.58. The van der Waals surface area contributed by atoms with Crippen molar-refractivity contribution in [1.82, 2.24) is 0 Å². The summed E-state index contributed by atoms with van der Waals surface area (Å²) in [4.78, 5) is 12.0. The summed E-state index contributed by atoms with van der Waals surface area (Å²) in [6.07, 6.45) is 0.599. The fourth-order valence-corrected chi connectivity index (χ4v) is 2.59. The third kappa shape index (κ3) is 4.54. The van der Waals surface area contributed by atoms with Crippen molar-refractivity contribution in [2.45, 2.75) is 18.2 Å². The van der Waals surface area contributed by atoms with E-state index < -0.39 is 6.04 Å². The average Bonchev–Trinajstić information content (AvgIpc) is 2.47. The summed E-state index contributed by atoms with van der Waals surface area (Å²) in [5, 5.41) is 0.0488. The second-order valence-electron chi connectivity index (χ2n) is 4.39. The summed E-state index contributed by atoms with van der Waals surface area (Å²) in [7, 11) is 0. The number of carbonyl (C=O) groups is 1. The van der Waals surface area contributed by atoms with Crippen LogP contribution in [0.1, 0.15) is 11.1 Å². The smallest absolute Gasteiger partial charge is 0.206 e. The van der Waals surface area contributed by atoms with Gasteiger partial charge >= 0.3 is 0 Å². The van der Waals surface area contributed by atoms with Gasteiger partial charge in [0, 0.05) is 5.75 Å². The predicted molar refractivity (Wildman–Crippen MR) is 80.9 cm³/mol. The fraction of sp³-hybridized carbons (Fsp3) is 0.188. The fourth-order valence-electron chi connectivity index (χ4n) is 1.79. The standard InChI is InChI=1S/C16H17NOS/c17-15(11-13-7-3-1-4-8-13)16(18)19-12-14-9-5-2-6-10-14/h1-10,15H,11-12,17H2/t15-/m0/s1. The summed E-state index contributed by atoms with van der Waals surface area (Å²) < 4.78 is 0. The molecule has 0 saturated carbocycles. The van der Waals surface area contributed by atoms with Crippen LogP contribution >= 0.6 is 11.8 Å². The highest BCUT2D eigenvalue weighted by molar-refractivity contribution is 8.13. The van der Waals surface area contributed by atoms with E-state index in [9.17, 15) is 4.79 Å². The molecule has 0 heterocycles. The van der Waals surface area contributed by atoms with Crippen molar-refractivity contribution in [1.29, 1.82) is 0 Å². The topological polar surface area (TPSA) is 43.1 Å². The Morgan fingerprint density at radius 1 is 0.947 bits per heavy atom. The first-order chi connectivity index (χ1) is 9.25. The van der Waals surface area contributed by atoms with Crippen molar-refractivity contribution in [3.8, 4) is 0 Å². The SMILES string of the molecule is N[C@@H](Cc1ccccc1)C(=O)SCc1ccccc1. The van der Waals surface area contributed by atoms with Crippen LogP contribution in [0.4, 0.5) is 0 Å². The molecule has 0 saturated heterocycles. The third-order valence-electron chi connectivity index (χ3n) is 2.83. The Balaban J connectivity index is 1.83. The van der Waals surface area contributed by atoms with Crippen LogP contribution in [0.25, 0.3) is 0 Å². The molecule has 2 N–H and O–H groups in total. The Morgan fingerprint density at radius 3 is 2.05 bits per heavy atom. The summed E-state index contributed by atoms with van der Waals surface area (Å²) >= 11 is 1.29. The van der Waals surface area contributed by atoms with Crippen molar-refractivity contribution < 1.29 is 4.79 Å². The van der Waals surface area contributed by atoms with Gasteiger partial charge in [0.2, 0.25) is 5.12 Å². The molecular weight excluding hydrogens is 254 g/mol. The van der Waals surface area contributed by atoms with Crippen LogP contribution in [0.2, 0.25) is 0 Å². The van der Waals surface area contributed by atoms with E-state index in [0.29, 0.717) is 12.2 Å². The van der Waals surface area contributed by atoms with Gasteiger partial charge in [-0.05, 0) is 17.5 Å². The van der Waals surface area contributed by atoms with E-state index in [1.807, 2.05) is 60.7 Å². The highest BCUT2D eigenvalue weighted by Crippen LogP contribution is 2.15. The number of rotatable bonds is 5. The zero-order chi connectivity index (χ0) is 13.5. The average molecular weight is 271 g/mol. The predicted octanol–water partition coefficient (Wildman–Crippen LogP) is 3.02. The van der Waals surface area contributed by atoms with E-state index >= 15 is 0 Å². The number of hydrogen-bond donors (Lipinski definition) is 1. The largest absolute Gasteiger partial charge is 0.320 e.